The minimum Gasteiger partial charge on any atom is -0.354 e. The first kappa shape index (κ1) is 16.5. The molecule has 2 amide bonds. The number of carbonyl (C=O) groups is 2. The van der Waals surface area contributed by atoms with Crippen LogP contribution in [0, 0.1) is 5.92 Å². The summed E-state index contributed by atoms with van der Waals surface area (Å²) < 4.78 is 1.72. The number of carbonyl (C=O) groups excluding carboxylic acids is 2. The van der Waals surface area contributed by atoms with E-state index in [0.717, 1.165) is 6.42 Å². The van der Waals surface area contributed by atoms with Gasteiger partial charge in [0.05, 0.1) is 11.2 Å². The number of aromatic nitrogens is 2. The van der Waals surface area contributed by atoms with Gasteiger partial charge in [-0.1, -0.05) is 25.4 Å². The molecule has 0 aliphatic heterocycles. The van der Waals surface area contributed by atoms with E-state index in [2.05, 4.69) is 15.7 Å². The van der Waals surface area contributed by atoms with E-state index >= 15 is 0 Å². The molecule has 112 valence electrons. The van der Waals surface area contributed by atoms with Gasteiger partial charge in [-0.15, -0.1) is 0 Å². The molecule has 0 aliphatic rings. The van der Waals surface area contributed by atoms with Gasteiger partial charge < -0.3 is 10.6 Å². The van der Waals surface area contributed by atoms with Gasteiger partial charge in [0.1, 0.15) is 6.04 Å². The molecule has 1 aromatic rings. The van der Waals surface area contributed by atoms with Crippen LogP contribution in [0.25, 0.3) is 0 Å². The van der Waals surface area contributed by atoms with Crippen LogP contribution in [0.4, 0.5) is 0 Å². The molecule has 0 saturated heterocycles. The highest BCUT2D eigenvalue weighted by atomic mass is 35.5. The van der Waals surface area contributed by atoms with Gasteiger partial charge in [-0.3, -0.25) is 14.3 Å². The largest absolute Gasteiger partial charge is 0.354 e. The third-order valence-corrected chi connectivity index (χ3v) is 2.97. The van der Waals surface area contributed by atoms with Gasteiger partial charge >= 0.3 is 0 Å². The van der Waals surface area contributed by atoms with Crippen molar-refractivity contribution in [3.05, 3.63) is 17.4 Å². The Morgan fingerprint density at radius 3 is 2.65 bits per heavy atom. The first-order valence-electron chi connectivity index (χ1n) is 6.63. The lowest BCUT2D eigenvalue weighted by Gasteiger charge is -2.20. The van der Waals surface area contributed by atoms with E-state index in [4.69, 9.17) is 11.6 Å². The molecule has 1 rings (SSSR count). The molecule has 0 saturated carbocycles. The molecule has 1 atom stereocenters. The number of nitrogens with one attached hydrogen (secondary N) is 2. The highest BCUT2D eigenvalue weighted by Crippen LogP contribution is 2.05. The zero-order valence-corrected chi connectivity index (χ0v) is 12.8. The smallest absolute Gasteiger partial charge is 0.242 e. The van der Waals surface area contributed by atoms with Crippen molar-refractivity contribution < 1.29 is 9.59 Å². The summed E-state index contributed by atoms with van der Waals surface area (Å²) in [5.41, 5.74) is 0. The summed E-state index contributed by atoms with van der Waals surface area (Å²) in [6, 6.07) is -0.494. The van der Waals surface area contributed by atoms with Crippen LogP contribution in [-0.4, -0.2) is 34.2 Å². The molecule has 0 bridgehead atoms. The molecule has 0 aliphatic carbocycles. The summed E-state index contributed by atoms with van der Waals surface area (Å²) in [6.45, 7) is 6.40. The first-order valence-corrected chi connectivity index (χ1v) is 7.00. The number of nitrogens with zero attached hydrogens (tertiary/aromatic N) is 2. The second kappa shape index (κ2) is 7.89. The van der Waals surface area contributed by atoms with Gasteiger partial charge in [0.25, 0.3) is 0 Å². The Labute approximate surface area is 123 Å². The van der Waals surface area contributed by atoms with Crippen LogP contribution in [0.3, 0.4) is 0 Å². The number of amides is 2. The minimum atomic E-state index is -0.494. The second-order valence-corrected chi connectivity index (χ2v) is 5.42. The van der Waals surface area contributed by atoms with Crippen molar-refractivity contribution in [3.8, 4) is 0 Å². The molecule has 20 heavy (non-hydrogen) atoms. The molecule has 0 spiro atoms. The maximum absolute atomic E-state index is 12.0. The second-order valence-electron chi connectivity index (χ2n) is 4.99. The van der Waals surface area contributed by atoms with Crippen molar-refractivity contribution >= 4 is 23.4 Å². The lowest BCUT2D eigenvalue weighted by molar-refractivity contribution is -0.129. The minimum absolute atomic E-state index is 0.0452. The summed E-state index contributed by atoms with van der Waals surface area (Å²) in [7, 11) is 0. The van der Waals surface area contributed by atoms with Gasteiger partial charge in [-0.05, 0) is 12.3 Å². The average Bonchev–Trinajstić information content (AvgIpc) is 2.76. The molecule has 0 fully saturated rings. The average molecular weight is 301 g/mol. The Bertz CT molecular complexity index is 459. The number of hydrogen-bond acceptors (Lipinski definition) is 3. The molecule has 7 heteroatoms. The van der Waals surface area contributed by atoms with E-state index in [-0.39, 0.29) is 17.7 Å². The Morgan fingerprint density at radius 1 is 1.45 bits per heavy atom. The standard InChI is InChI=1S/C13H21ClN4O2/c1-9(2)12(17-10(3)19)13(20)15-5-4-6-18-8-11(14)7-16-18/h7-9,12H,4-6H2,1-3H3,(H,15,20)(H,17,19)/t12-/m0/s1. The van der Waals surface area contributed by atoms with Gasteiger partial charge in [-0.25, -0.2) is 0 Å². The normalized spacial score (nSPS) is 12.2. The SMILES string of the molecule is CC(=O)N[C@H](C(=O)NCCCn1cc(Cl)cn1)C(C)C. The van der Waals surface area contributed by atoms with Gasteiger partial charge in [0, 0.05) is 26.2 Å². The molecule has 0 radical (unpaired) electrons. The summed E-state index contributed by atoms with van der Waals surface area (Å²) in [5, 5.41) is 10.1. The summed E-state index contributed by atoms with van der Waals surface area (Å²) in [5.74, 6) is -0.317. The molecule has 0 aromatic carbocycles. The fourth-order valence-corrected chi connectivity index (χ4v) is 1.93. The molecule has 0 unspecified atom stereocenters. The molecular weight excluding hydrogens is 280 g/mol. The Kier molecular flexibility index (Phi) is 6.51. The van der Waals surface area contributed by atoms with E-state index in [9.17, 15) is 9.59 Å². The van der Waals surface area contributed by atoms with Crippen molar-refractivity contribution in [1.82, 2.24) is 20.4 Å². The number of rotatable bonds is 7. The number of halogens is 1. The number of hydrogen-bond donors (Lipinski definition) is 2. The van der Waals surface area contributed by atoms with E-state index in [0.29, 0.717) is 18.1 Å². The van der Waals surface area contributed by atoms with Crippen molar-refractivity contribution in [1.29, 1.82) is 0 Å². The Hall–Kier alpha value is -1.56. The Morgan fingerprint density at radius 2 is 2.15 bits per heavy atom. The van der Waals surface area contributed by atoms with E-state index in [1.54, 1.807) is 17.1 Å². The third kappa shape index (κ3) is 5.61. The van der Waals surface area contributed by atoms with Crippen molar-refractivity contribution in [2.24, 2.45) is 5.92 Å². The van der Waals surface area contributed by atoms with Gasteiger partial charge in [0.2, 0.25) is 11.8 Å². The molecule has 6 nitrogen and oxygen atoms in total. The predicted octanol–water partition coefficient (Wildman–Crippen LogP) is 1.20. The van der Waals surface area contributed by atoms with Crippen molar-refractivity contribution in [2.75, 3.05) is 6.54 Å². The maximum atomic E-state index is 12.0. The summed E-state index contributed by atoms with van der Waals surface area (Å²) >= 11 is 5.76. The van der Waals surface area contributed by atoms with Crippen LogP contribution in [-0.2, 0) is 16.1 Å². The lowest BCUT2D eigenvalue weighted by atomic mass is 10.0. The molecule has 2 N–H and O–H groups in total. The zero-order chi connectivity index (χ0) is 15.1. The van der Waals surface area contributed by atoms with Crippen LogP contribution in [0.15, 0.2) is 12.4 Å². The first-order chi connectivity index (χ1) is 9.40. The fourth-order valence-electron chi connectivity index (χ4n) is 1.78. The van der Waals surface area contributed by atoms with Crippen LogP contribution in [0.5, 0.6) is 0 Å². The fraction of sp³-hybridized carbons (Fsp3) is 0.615. The highest BCUT2D eigenvalue weighted by molar-refractivity contribution is 6.30. The van der Waals surface area contributed by atoms with E-state index < -0.39 is 6.04 Å². The topological polar surface area (TPSA) is 76.0 Å². The summed E-state index contributed by atoms with van der Waals surface area (Å²) in [4.78, 5) is 23.0. The van der Waals surface area contributed by atoms with E-state index in [1.165, 1.54) is 6.92 Å². The van der Waals surface area contributed by atoms with Crippen molar-refractivity contribution in [2.45, 2.75) is 39.8 Å². The molecule has 1 heterocycles. The van der Waals surface area contributed by atoms with Gasteiger partial charge in [-0.2, -0.15) is 5.10 Å². The maximum Gasteiger partial charge on any atom is 0.242 e. The lowest BCUT2D eigenvalue weighted by Crippen LogP contribution is -2.49. The van der Waals surface area contributed by atoms with E-state index in [1.807, 2.05) is 13.8 Å². The van der Waals surface area contributed by atoms with Crippen LogP contribution >= 0.6 is 11.6 Å². The third-order valence-electron chi connectivity index (χ3n) is 2.77. The monoisotopic (exact) mass is 300 g/mol. The van der Waals surface area contributed by atoms with Crippen LogP contribution < -0.4 is 10.6 Å². The van der Waals surface area contributed by atoms with Crippen molar-refractivity contribution in [3.63, 3.8) is 0 Å². The molecule has 1 aromatic heterocycles. The molecular formula is C13H21ClN4O2. The van der Waals surface area contributed by atoms with Crippen LogP contribution in [0.2, 0.25) is 5.02 Å². The summed E-state index contributed by atoms with van der Waals surface area (Å²) in [6.07, 6.45) is 4.05. The zero-order valence-electron chi connectivity index (χ0n) is 12.0. The predicted molar refractivity (Wildman–Crippen MR) is 77.3 cm³/mol. The number of aryl methyl sites for hydroxylation is 1. The van der Waals surface area contributed by atoms with Gasteiger partial charge in [0.15, 0.2) is 0 Å². The Balaban J connectivity index is 2.32. The van der Waals surface area contributed by atoms with Crippen LogP contribution in [0.1, 0.15) is 27.2 Å². The highest BCUT2D eigenvalue weighted by Gasteiger charge is 2.22. The quantitative estimate of drug-likeness (QED) is 0.743.